The Morgan fingerprint density at radius 3 is 2.73 bits per heavy atom. The molecule has 0 unspecified atom stereocenters. The molecule has 166 valence electrons. The molecule has 0 radical (unpaired) electrons. The number of guanidine groups is 1. The number of nitrogens with zero attached hydrogens (tertiary/aromatic N) is 3. The lowest BCUT2D eigenvalue weighted by Crippen LogP contribution is -2.38. The SMILES string of the molecule is CN=C(NCCc1nc(C(F)(F)F)cs1)NCc1cccnc1OC1CCCC1.I. The van der Waals surface area contributed by atoms with Gasteiger partial charge in [-0.2, -0.15) is 13.2 Å². The van der Waals surface area contributed by atoms with E-state index >= 15 is 0 Å². The molecule has 1 aliphatic rings. The summed E-state index contributed by atoms with van der Waals surface area (Å²) in [5.41, 5.74) is 0.0865. The second-order valence-electron chi connectivity index (χ2n) is 6.72. The Labute approximate surface area is 194 Å². The molecule has 0 bridgehead atoms. The van der Waals surface area contributed by atoms with Gasteiger partial charge in [0, 0.05) is 43.7 Å². The Bertz CT molecular complexity index is 824. The summed E-state index contributed by atoms with van der Waals surface area (Å²) in [6, 6.07) is 3.81. The van der Waals surface area contributed by atoms with Crippen LogP contribution in [0.2, 0.25) is 0 Å². The van der Waals surface area contributed by atoms with E-state index in [-0.39, 0.29) is 30.1 Å². The molecule has 2 N–H and O–H groups in total. The average molecular weight is 555 g/mol. The predicted octanol–water partition coefficient (Wildman–Crippen LogP) is 4.40. The van der Waals surface area contributed by atoms with Crippen LogP contribution in [0.3, 0.4) is 0 Å². The van der Waals surface area contributed by atoms with Crippen LogP contribution >= 0.6 is 35.3 Å². The summed E-state index contributed by atoms with van der Waals surface area (Å²) in [6.07, 6.45) is 2.40. The lowest BCUT2D eigenvalue weighted by atomic mass is 10.2. The number of pyridine rings is 1. The van der Waals surface area contributed by atoms with Crippen molar-refractivity contribution in [1.29, 1.82) is 0 Å². The third kappa shape index (κ3) is 7.25. The van der Waals surface area contributed by atoms with Gasteiger partial charge in [0.1, 0.15) is 6.10 Å². The molecule has 0 aromatic carbocycles. The van der Waals surface area contributed by atoms with E-state index in [1.54, 1.807) is 13.2 Å². The fraction of sp³-hybridized carbons (Fsp3) is 0.526. The van der Waals surface area contributed by atoms with Crippen LogP contribution < -0.4 is 15.4 Å². The highest BCUT2D eigenvalue weighted by Gasteiger charge is 2.33. The van der Waals surface area contributed by atoms with Crippen LogP contribution in [-0.4, -0.2) is 35.6 Å². The standard InChI is InChI=1S/C19H24F3N5OS.HI/c1-23-18(25-10-8-16-27-15(12-29-16)19(20,21)22)26-11-13-5-4-9-24-17(13)28-14-6-2-3-7-14;/h4-5,9,12,14H,2-3,6-8,10-11H2,1H3,(H2,23,25,26);1H. The zero-order valence-corrected chi connectivity index (χ0v) is 19.7. The van der Waals surface area contributed by atoms with Gasteiger partial charge in [0.2, 0.25) is 5.88 Å². The van der Waals surface area contributed by atoms with Gasteiger partial charge in [0.15, 0.2) is 11.7 Å². The number of hydrogen-bond donors (Lipinski definition) is 2. The van der Waals surface area contributed by atoms with E-state index in [4.69, 9.17) is 4.74 Å². The van der Waals surface area contributed by atoms with Crippen molar-refractivity contribution in [3.05, 3.63) is 40.0 Å². The normalized spacial score (nSPS) is 15.0. The van der Waals surface area contributed by atoms with Crippen LogP contribution in [0.25, 0.3) is 0 Å². The molecule has 0 atom stereocenters. The smallest absolute Gasteiger partial charge is 0.434 e. The Morgan fingerprint density at radius 2 is 2.07 bits per heavy atom. The topological polar surface area (TPSA) is 71.4 Å². The summed E-state index contributed by atoms with van der Waals surface area (Å²) < 4.78 is 43.9. The van der Waals surface area contributed by atoms with E-state index in [0.29, 0.717) is 36.4 Å². The highest BCUT2D eigenvalue weighted by Crippen LogP contribution is 2.30. The summed E-state index contributed by atoms with van der Waals surface area (Å²) in [4.78, 5) is 12.1. The van der Waals surface area contributed by atoms with Gasteiger partial charge in [0.25, 0.3) is 0 Å². The molecule has 6 nitrogen and oxygen atoms in total. The van der Waals surface area contributed by atoms with E-state index in [2.05, 4.69) is 25.6 Å². The van der Waals surface area contributed by atoms with E-state index in [1.165, 1.54) is 12.8 Å². The first-order valence-corrected chi connectivity index (χ1v) is 10.4. The lowest BCUT2D eigenvalue weighted by Gasteiger charge is -2.16. The first-order valence-electron chi connectivity index (χ1n) is 9.52. The highest BCUT2D eigenvalue weighted by atomic mass is 127. The van der Waals surface area contributed by atoms with Crippen molar-refractivity contribution in [2.45, 2.75) is 50.9 Å². The van der Waals surface area contributed by atoms with E-state index in [9.17, 15) is 13.2 Å². The first kappa shape index (κ1) is 24.6. The van der Waals surface area contributed by atoms with Crippen LogP contribution in [0.15, 0.2) is 28.7 Å². The number of rotatable bonds is 7. The third-order valence-corrected chi connectivity index (χ3v) is 5.48. The summed E-state index contributed by atoms with van der Waals surface area (Å²) in [6.45, 7) is 0.897. The number of halogens is 4. The number of hydrogen-bond acceptors (Lipinski definition) is 5. The van der Waals surface area contributed by atoms with Crippen molar-refractivity contribution < 1.29 is 17.9 Å². The lowest BCUT2D eigenvalue weighted by molar-refractivity contribution is -0.140. The summed E-state index contributed by atoms with van der Waals surface area (Å²) >= 11 is 1.01. The van der Waals surface area contributed by atoms with Gasteiger partial charge in [-0.25, -0.2) is 9.97 Å². The Morgan fingerprint density at radius 1 is 1.30 bits per heavy atom. The summed E-state index contributed by atoms with van der Waals surface area (Å²) in [5.74, 6) is 1.18. The van der Waals surface area contributed by atoms with Gasteiger partial charge >= 0.3 is 6.18 Å². The molecule has 0 saturated heterocycles. The van der Waals surface area contributed by atoms with E-state index in [1.807, 2.05) is 12.1 Å². The maximum absolute atomic E-state index is 12.6. The van der Waals surface area contributed by atoms with Crippen molar-refractivity contribution in [3.8, 4) is 5.88 Å². The Balaban J connectivity index is 0.00000320. The molecule has 3 rings (SSSR count). The summed E-state index contributed by atoms with van der Waals surface area (Å²) in [7, 11) is 1.64. The largest absolute Gasteiger partial charge is 0.474 e. The molecule has 0 aliphatic heterocycles. The van der Waals surface area contributed by atoms with Crippen LogP contribution in [0.4, 0.5) is 13.2 Å². The van der Waals surface area contributed by atoms with Crippen molar-refractivity contribution in [1.82, 2.24) is 20.6 Å². The van der Waals surface area contributed by atoms with Gasteiger partial charge < -0.3 is 15.4 Å². The third-order valence-electron chi connectivity index (χ3n) is 4.57. The Hall–Kier alpha value is -1.63. The van der Waals surface area contributed by atoms with Gasteiger partial charge in [-0.15, -0.1) is 35.3 Å². The molecule has 0 amide bonds. The predicted molar refractivity (Wildman–Crippen MR) is 122 cm³/mol. The average Bonchev–Trinajstić information content (AvgIpc) is 3.37. The van der Waals surface area contributed by atoms with Gasteiger partial charge in [-0.05, 0) is 31.7 Å². The van der Waals surface area contributed by atoms with Crippen molar-refractivity contribution >= 4 is 41.3 Å². The zero-order chi connectivity index (χ0) is 20.7. The second-order valence-corrected chi connectivity index (χ2v) is 7.66. The highest BCUT2D eigenvalue weighted by molar-refractivity contribution is 14.0. The summed E-state index contributed by atoms with van der Waals surface area (Å²) in [5, 5.41) is 7.75. The second kappa shape index (κ2) is 11.7. The minimum atomic E-state index is -4.40. The fourth-order valence-corrected chi connectivity index (χ4v) is 3.88. The molecule has 1 fully saturated rings. The van der Waals surface area contributed by atoms with Crippen LogP contribution in [0, 0.1) is 0 Å². The Kier molecular flexibility index (Phi) is 9.59. The molecule has 1 aliphatic carbocycles. The van der Waals surface area contributed by atoms with Gasteiger partial charge in [0.05, 0.1) is 5.01 Å². The fourth-order valence-electron chi connectivity index (χ4n) is 3.07. The molecule has 0 spiro atoms. The molecule has 30 heavy (non-hydrogen) atoms. The van der Waals surface area contributed by atoms with Crippen molar-refractivity contribution in [2.24, 2.45) is 4.99 Å². The van der Waals surface area contributed by atoms with Crippen LogP contribution in [0.1, 0.15) is 41.9 Å². The molecule has 2 heterocycles. The number of nitrogens with one attached hydrogen (secondary N) is 2. The van der Waals surface area contributed by atoms with Crippen LogP contribution in [-0.2, 0) is 19.1 Å². The first-order chi connectivity index (χ1) is 14.0. The zero-order valence-electron chi connectivity index (χ0n) is 16.5. The number of aliphatic imine (C=N–C) groups is 1. The molecular formula is C19H25F3IN5OS. The number of thiazole rings is 1. The van der Waals surface area contributed by atoms with Crippen molar-refractivity contribution in [2.75, 3.05) is 13.6 Å². The monoisotopic (exact) mass is 555 g/mol. The van der Waals surface area contributed by atoms with E-state index in [0.717, 1.165) is 35.1 Å². The minimum Gasteiger partial charge on any atom is -0.474 e. The van der Waals surface area contributed by atoms with Gasteiger partial charge in [-0.3, -0.25) is 4.99 Å². The quantitative estimate of drug-likeness (QED) is 0.301. The number of aromatic nitrogens is 2. The molecular weight excluding hydrogens is 530 g/mol. The van der Waals surface area contributed by atoms with Crippen molar-refractivity contribution in [3.63, 3.8) is 0 Å². The molecule has 11 heteroatoms. The number of alkyl halides is 3. The maximum Gasteiger partial charge on any atom is 0.434 e. The van der Waals surface area contributed by atoms with E-state index < -0.39 is 11.9 Å². The van der Waals surface area contributed by atoms with Gasteiger partial charge in [-0.1, -0.05) is 6.07 Å². The molecule has 2 aromatic rings. The maximum atomic E-state index is 12.6. The molecule has 1 saturated carbocycles. The minimum absolute atomic E-state index is 0. The van der Waals surface area contributed by atoms with Crippen LogP contribution in [0.5, 0.6) is 5.88 Å². The number of ether oxygens (including phenoxy) is 1. The molecule has 2 aromatic heterocycles.